The van der Waals surface area contributed by atoms with Crippen LogP contribution in [0.3, 0.4) is 0 Å². The molecule has 0 aliphatic heterocycles. The number of benzene rings is 1. The molecule has 0 spiro atoms. The summed E-state index contributed by atoms with van der Waals surface area (Å²) >= 11 is 5.92. The lowest BCUT2D eigenvalue weighted by Gasteiger charge is -2.37. The first-order valence-corrected chi connectivity index (χ1v) is 8.68. The molecule has 2 N–H and O–H groups in total. The highest BCUT2D eigenvalue weighted by Crippen LogP contribution is 2.37. The molecule has 2 aromatic rings. The van der Waals surface area contributed by atoms with Gasteiger partial charge in [-0.3, -0.25) is 9.78 Å². The second kappa shape index (κ2) is 7.85. The summed E-state index contributed by atoms with van der Waals surface area (Å²) in [5.74, 6) is 0.602. The molecule has 1 fully saturated rings. The number of aryl methyl sites for hydroxylation is 1. The van der Waals surface area contributed by atoms with Crippen LogP contribution in [-0.2, 0) is 4.79 Å². The maximum absolute atomic E-state index is 12.4. The van der Waals surface area contributed by atoms with Gasteiger partial charge in [0.15, 0.2) is 6.61 Å². The third kappa shape index (κ3) is 4.50. The van der Waals surface area contributed by atoms with Crippen molar-refractivity contribution in [3.05, 3.63) is 58.9 Å². The molecule has 1 aromatic carbocycles. The number of nitrogens with one attached hydrogen (secondary N) is 1. The Morgan fingerprint density at radius 2 is 2.20 bits per heavy atom. The molecule has 1 aliphatic rings. The lowest BCUT2D eigenvalue weighted by Crippen LogP contribution is -2.43. The number of pyridine rings is 1. The van der Waals surface area contributed by atoms with Gasteiger partial charge in [-0.05, 0) is 61.6 Å². The van der Waals surface area contributed by atoms with Crippen LogP contribution in [0.2, 0.25) is 5.02 Å². The average Bonchev–Trinajstić information content (AvgIpc) is 2.57. The van der Waals surface area contributed by atoms with E-state index in [4.69, 9.17) is 16.3 Å². The summed E-state index contributed by atoms with van der Waals surface area (Å²) in [5.41, 5.74) is 1.68. The summed E-state index contributed by atoms with van der Waals surface area (Å²) in [6.45, 7) is 1.80. The van der Waals surface area contributed by atoms with E-state index in [0.29, 0.717) is 23.6 Å². The molecule has 0 radical (unpaired) electrons. The molecule has 6 heteroatoms. The van der Waals surface area contributed by atoms with E-state index in [0.717, 1.165) is 11.3 Å². The molecule has 1 amide bonds. The summed E-state index contributed by atoms with van der Waals surface area (Å²) < 4.78 is 5.60. The van der Waals surface area contributed by atoms with Gasteiger partial charge in [0.1, 0.15) is 5.75 Å². The minimum Gasteiger partial charge on any atom is -0.484 e. The molecular weight excluding hydrogens is 340 g/mol. The number of hydrogen-bond acceptors (Lipinski definition) is 4. The monoisotopic (exact) mass is 360 g/mol. The normalized spacial score (nSPS) is 20.4. The zero-order chi connectivity index (χ0) is 17.8. The van der Waals surface area contributed by atoms with E-state index in [1.165, 1.54) is 0 Å². The average molecular weight is 361 g/mol. The summed E-state index contributed by atoms with van der Waals surface area (Å²) in [6, 6.07) is 10.7. The molecule has 25 heavy (non-hydrogen) atoms. The highest BCUT2D eigenvalue weighted by Gasteiger charge is 2.36. The smallest absolute Gasteiger partial charge is 0.258 e. The Kier molecular flexibility index (Phi) is 5.56. The van der Waals surface area contributed by atoms with Crippen molar-refractivity contribution in [2.45, 2.75) is 31.9 Å². The minimum absolute atomic E-state index is 0.0823. The van der Waals surface area contributed by atoms with E-state index >= 15 is 0 Å². The number of carbonyl (C=O) groups excluding carboxylic acids is 1. The Bertz CT molecular complexity index is 733. The maximum Gasteiger partial charge on any atom is 0.258 e. The molecule has 0 unspecified atom stereocenters. The number of ether oxygens (including phenoxy) is 1. The predicted molar refractivity (Wildman–Crippen MR) is 95.5 cm³/mol. The Labute approximate surface area is 152 Å². The van der Waals surface area contributed by atoms with Crippen LogP contribution in [0.5, 0.6) is 5.75 Å². The number of halogens is 1. The number of hydrogen-bond donors (Lipinski definition) is 2. The summed E-state index contributed by atoms with van der Waals surface area (Å²) in [5, 5.41) is 13.2. The number of amides is 1. The van der Waals surface area contributed by atoms with Crippen molar-refractivity contribution < 1.29 is 14.6 Å². The van der Waals surface area contributed by atoms with Crippen molar-refractivity contribution in [2.75, 3.05) is 6.61 Å². The lowest BCUT2D eigenvalue weighted by molar-refractivity contribution is -0.125. The lowest BCUT2D eigenvalue weighted by atomic mass is 9.76. The summed E-state index contributed by atoms with van der Waals surface area (Å²) in [4.78, 5) is 16.7. The van der Waals surface area contributed by atoms with E-state index in [-0.39, 0.29) is 30.6 Å². The number of carbonyl (C=O) groups is 1. The van der Waals surface area contributed by atoms with Gasteiger partial charge in [0.25, 0.3) is 5.91 Å². The van der Waals surface area contributed by atoms with Crippen LogP contribution in [0.4, 0.5) is 0 Å². The third-order valence-electron chi connectivity index (χ3n) is 4.44. The fourth-order valence-corrected chi connectivity index (χ4v) is 3.26. The van der Waals surface area contributed by atoms with Crippen molar-refractivity contribution in [2.24, 2.45) is 5.92 Å². The fourth-order valence-electron chi connectivity index (χ4n) is 3.03. The topological polar surface area (TPSA) is 71.5 Å². The minimum atomic E-state index is -0.291. The van der Waals surface area contributed by atoms with Gasteiger partial charge in [-0.15, -0.1) is 0 Å². The molecule has 1 saturated carbocycles. The van der Waals surface area contributed by atoms with Gasteiger partial charge in [-0.1, -0.05) is 17.7 Å². The highest BCUT2D eigenvalue weighted by molar-refractivity contribution is 6.30. The summed E-state index contributed by atoms with van der Waals surface area (Å²) in [7, 11) is 0. The molecule has 5 nitrogen and oxygen atoms in total. The number of aliphatic hydroxyl groups excluding tert-OH is 1. The van der Waals surface area contributed by atoms with Crippen molar-refractivity contribution in [3.8, 4) is 5.75 Å². The Morgan fingerprint density at radius 3 is 2.84 bits per heavy atom. The molecule has 1 atom stereocenters. The van der Waals surface area contributed by atoms with Crippen LogP contribution in [-0.4, -0.2) is 28.7 Å². The molecule has 0 bridgehead atoms. The standard InChI is InChI=1S/C19H21ClN2O3/c1-12-8-14(20)5-6-17(12)25-11-18(24)22-19(13-9-15(23)10-13)16-4-2-3-7-21-16/h2-8,13,15,19,23H,9-11H2,1H3,(H,22,24)/t13?,15?,19-/m0/s1. The largest absolute Gasteiger partial charge is 0.484 e. The van der Waals surface area contributed by atoms with Gasteiger partial charge in [0.05, 0.1) is 17.8 Å². The number of aliphatic hydroxyl groups is 1. The van der Waals surface area contributed by atoms with Gasteiger partial charge in [0.2, 0.25) is 0 Å². The van der Waals surface area contributed by atoms with Crippen molar-refractivity contribution >= 4 is 17.5 Å². The van der Waals surface area contributed by atoms with Gasteiger partial charge < -0.3 is 15.2 Å². The molecule has 3 rings (SSSR count). The molecule has 0 saturated heterocycles. The van der Waals surface area contributed by atoms with E-state index in [9.17, 15) is 9.90 Å². The van der Waals surface area contributed by atoms with Gasteiger partial charge in [0, 0.05) is 11.2 Å². The van der Waals surface area contributed by atoms with Crippen LogP contribution in [0.15, 0.2) is 42.6 Å². The van der Waals surface area contributed by atoms with E-state index in [1.807, 2.05) is 25.1 Å². The SMILES string of the molecule is Cc1cc(Cl)ccc1OCC(=O)N[C@H](c1ccccn1)C1CC(O)C1. The van der Waals surface area contributed by atoms with Crippen LogP contribution < -0.4 is 10.1 Å². The van der Waals surface area contributed by atoms with Gasteiger partial charge in [-0.25, -0.2) is 0 Å². The van der Waals surface area contributed by atoms with Crippen molar-refractivity contribution in [3.63, 3.8) is 0 Å². The Hall–Kier alpha value is -2.11. The first-order valence-electron chi connectivity index (χ1n) is 8.30. The van der Waals surface area contributed by atoms with Gasteiger partial charge >= 0.3 is 0 Å². The van der Waals surface area contributed by atoms with E-state index in [2.05, 4.69) is 10.3 Å². The molecular formula is C19H21ClN2O3. The zero-order valence-electron chi connectivity index (χ0n) is 14.0. The van der Waals surface area contributed by atoms with Crippen LogP contribution in [0.25, 0.3) is 0 Å². The Balaban J connectivity index is 1.62. The first-order chi connectivity index (χ1) is 12.0. The predicted octanol–water partition coefficient (Wildman–Crippen LogP) is 3.05. The maximum atomic E-state index is 12.4. The molecule has 132 valence electrons. The van der Waals surface area contributed by atoms with Crippen LogP contribution in [0, 0.1) is 12.8 Å². The highest BCUT2D eigenvalue weighted by atomic mass is 35.5. The fraction of sp³-hybridized carbons (Fsp3) is 0.368. The molecule has 1 heterocycles. The van der Waals surface area contributed by atoms with Gasteiger partial charge in [-0.2, -0.15) is 0 Å². The molecule has 1 aliphatic carbocycles. The number of nitrogens with zero attached hydrogens (tertiary/aromatic N) is 1. The van der Waals surface area contributed by atoms with Crippen LogP contribution in [0.1, 0.15) is 30.1 Å². The van der Waals surface area contributed by atoms with Crippen molar-refractivity contribution in [1.29, 1.82) is 0 Å². The van der Waals surface area contributed by atoms with Crippen molar-refractivity contribution in [1.82, 2.24) is 10.3 Å². The van der Waals surface area contributed by atoms with E-state index < -0.39 is 0 Å². The molecule has 1 aromatic heterocycles. The third-order valence-corrected chi connectivity index (χ3v) is 4.67. The number of aromatic nitrogens is 1. The quantitative estimate of drug-likeness (QED) is 0.830. The zero-order valence-corrected chi connectivity index (χ0v) is 14.7. The Morgan fingerprint density at radius 1 is 1.40 bits per heavy atom. The number of rotatable bonds is 6. The second-order valence-electron chi connectivity index (χ2n) is 6.38. The second-order valence-corrected chi connectivity index (χ2v) is 6.82. The van der Waals surface area contributed by atoms with E-state index in [1.54, 1.807) is 24.4 Å². The first kappa shape index (κ1) is 17.7. The summed E-state index contributed by atoms with van der Waals surface area (Å²) in [6.07, 6.45) is 2.75. The van der Waals surface area contributed by atoms with Crippen LogP contribution >= 0.6 is 11.6 Å².